The van der Waals surface area contributed by atoms with E-state index in [1.165, 1.54) is 0 Å². The Labute approximate surface area is 135 Å². The third-order valence-corrected chi connectivity index (χ3v) is 2.81. The SMILES string of the molecule is FC(F)(F)c1ccnc(NCCNC(=S)Nc2cccnc2)n1. The third kappa shape index (κ3) is 5.66. The molecule has 0 amide bonds. The number of halogens is 3. The predicted octanol–water partition coefficient (Wildman–Crippen LogP) is 2.29. The summed E-state index contributed by atoms with van der Waals surface area (Å²) >= 11 is 5.08. The van der Waals surface area contributed by atoms with Crippen molar-refractivity contribution in [3.8, 4) is 0 Å². The van der Waals surface area contributed by atoms with E-state index < -0.39 is 11.9 Å². The van der Waals surface area contributed by atoms with Crippen LogP contribution >= 0.6 is 12.2 Å². The van der Waals surface area contributed by atoms with Crippen LogP contribution in [0.3, 0.4) is 0 Å². The lowest BCUT2D eigenvalue weighted by atomic mass is 10.4. The number of anilines is 2. The lowest BCUT2D eigenvalue weighted by Crippen LogP contribution is -2.32. The van der Waals surface area contributed by atoms with Crippen LogP contribution in [-0.2, 0) is 6.18 Å². The van der Waals surface area contributed by atoms with E-state index in [0.29, 0.717) is 18.2 Å². The van der Waals surface area contributed by atoms with Gasteiger partial charge in [-0.2, -0.15) is 13.2 Å². The van der Waals surface area contributed by atoms with Gasteiger partial charge in [-0.05, 0) is 30.4 Å². The molecule has 0 spiro atoms. The Kier molecular flexibility index (Phi) is 5.63. The van der Waals surface area contributed by atoms with Crippen molar-refractivity contribution in [2.75, 3.05) is 23.7 Å². The topological polar surface area (TPSA) is 74.8 Å². The third-order valence-electron chi connectivity index (χ3n) is 2.56. The van der Waals surface area contributed by atoms with Crippen LogP contribution in [0.15, 0.2) is 36.8 Å². The van der Waals surface area contributed by atoms with Crippen molar-refractivity contribution in [1.82, 2.24) is 20.3 Å². The van der Waals surface area contributed by atoms with Gasteiger partial charge in [0.2, 0.25) is 5.95 Å². The predicted molar refractivity (Wildman–Crippen MR) is 84.0 cm³/mol. The molecule has 0 atom stereocenters. The summed E-state index contributed by atoms with van der Waals surface area (Å²) < 4.78 is 37.5. The van der Waals surface area contributed by atoms with Crippen LogP contribution in [0.25, 0.3) is 0 Å². The molecule has 6 nitrogen and oxygen atoms in total. The molecule has 3 N–H and O–H groups in total. The number of hydrogen-bond acceptors (Lipinski definition) is 5. The molecule has 0 unspecified atom stereocenters. The van der Waals surface area contributed by atoms with Crippen LogP contribution < -0.4 is 16.0 Å². The minimum atomic E-state index is -4.49. The molecular weight excluding hydrogens is 329 g/mol. The standard InChI is InChI=1S/C13H13F3N6S/c14-13(15,16)10-3-5-18-11(22-10)19-6-7-20-12(23)21-9-2-1-4-17-8-9/h1-5,8H,6-7H2,(H,18,19,22)(H2,20,21,23). The summed E-state index contributed by atoms with van der Waals surface area (Å²) in [6.45, 7) is 0.682. The maximum atomic E-state index is 12.5. The number of thiocarbonyl (C=S) groups is 1. The number of alkyl halides is 3. The second-order valence-electron chi connectivity index (χ2n) is 4.31. The average Bonchev–Trinajstić information content (AvgIpc) is 2.52. The number of hydrogen-bond donors (Lipinski definition) is 3. The first kappa shape index (κ1) is 16.9. The number of pyridine rings is 1. The molecule has 2 heterocycles. The summed E-state index contributed by atoms with van der Waals surface area (Å²) in [5, 5.41) is 8.89. The second kappa shape index (κ2) is 7.68. The first-order chi connectivity index (χ1) is 10.9. The number of rotatable bonds is 5. The molecule has 122 valence electrons. The van der Waals surface area contributed by atoms with Crippen LogP contribution in [0.1, 0.15) is 5.69 Å². The Bertz CT molecular complexity index is 650. The molecule has 0 bridgehead atoms. The quantitative estimate of drug-likeness (QED) is 0.569. The molecule has 0 aliphatic rings. The van der Waals surface area contributed by atoms with Crippen molar-refractivity contribution in [2.45, 2.75) is 6.18 Å². The van der Waals surface area contributed by atoms with Crippen molar-refractivity contribution in [2.24, 2.45) is 0 Å². The Balaban J connectivity index is 1.74. The van der Waals surface area contributed by atoms with Gasteiger partial charge in [0.1, 0.15) is 5.69 Å². The van der Waals surface area contributed by atoms with E-state index >= 15 is 0 Å². The highest BCUT2D eigenvalue weighted by molar-refractivity contribution is 7.80. The van der Waals surface area contributed by atoms with Gasteiger partial charge < -0.3 is 16.0 Å². The molecule has 0 radical (unpaired) electrons. The highest BCUT2D eigenvalue weighted by Crippen LogP contribution is 2.27. The van der Waals surface area contributed by atoms with Crippen molar-refractivity contribution in [3.05, 3.63) is 42.5 Å². The Morgan fingerprint density at radius 3 is 2.70 bits per heavy atom. The largest absolute Gasteiger partial charge is 0.433 e. The lowest BCUT2D eigenvalue weighted by Gasteiger charge is -2.11. The minimum absolute atomic E-state index is 0.0900. The summed E-state index contributed by atoms with van der Waals surface area (Å²) in [5.74, 6) is -0.0900. The zero-order valence-electron chi connectivity index (χ0n) is 11.8. The zero-order chi connectivity index (χ0) is 16.7. The minimum Gasteiger partial charge on any atom is -0.361 e. The first-order valence-electron chi connectivity index (χ1n) is 6.54. The molecule has 2 rings (SSSR count). The van der Waals surface area contributed by atoms with Crippen molar-refractivity contribution in [3.63, 3.8) is 0 Å². The smallest absolute Gasteiger partial charge is 0.361 e. The summed E-state index contributed by atoms with van der Waals surface area (Å²) in [7, 11) is 0. The lowest BCUT2D eigenvalue weighted by molar-refractivity contribution is -0.141. The van der Waals surface area contributed by atoms with E-state index in [4.69, 9.17) is 12.2 Å². The molecule has 2 aromatic rings. The van der Waals surface area contributed by atoms with Gasteiger partial charge >= 0.3 is 6.18 Å². The molecule has 2 aromatic heterocycles. The fourth-order valence-corrected chi connectivity index (χ4v) is 1.78. The number of aromatic nitrogens is 3. The highest BCUT2D eigenvalue weighted by Gasteiger charge is 2.32. The van der Waals surface area contributed by atoms with Gasteiger partial charge in [0.05, 0.1) is 11.9 Å². The maximum absolute atomic E-state index is 12.5. The maximum Gasteiger partial charge on any atom is 0.433 e. The van der Waals surface area contributed by atoms with Crippen LogP contribution in [-0.4, -0.2) is 33.2 Å². The van der Waals surface area contributed by atoms with Gasteiger partial charge in [-0.1, -0.05) is 0 Å². The molecule has 0 saturated heterocycles. The monoisotopic (exact) mass is 342 g/mol. The Morgan fingerprint density at radius 1 is 1.17 bits per heavy atom. The van der Waals surface area contributed by atoms with E-state index in [1.807, 2.05) is 0 Å². The van der Waals surface area contributed by atoms with Crippen LogP contribution in [0.5, 0.6) is 0 Å². The van der Waals surface area contributed by atoms with Crippen molar-refractivity contribution < 1.29 is 13.2 Å². The van der Waals surface area contributed by atoms with Crippen LogP contribution in [0, 0.1) is 0 Å². The van der Waals surface area contributed by atoms with Gasteiger partial charge in [0.25, 0.3) is 0 Å². The average molecular weight is 342 g/mol. The van der Waals surface area contributed by atoms with E-state index in [9.17, 15) is 13.2 Å². The van der Waals surface area contributed by atoms with Crippen LogP contribution in [0.2, 0.25) is 0 Å². The number of nitrogens with one attached hydrogen (secondary N) is 3. The normalized spacial score (nSPS) is 10.9. The van der Waals surface area contributed by atoms with Gasteiger partial charge in [0, 0.05) is 25.5 Å². The molecule has 0 aliphatic carbocycles. The highest BCUT2D eigenvalue weighted by atomic mass is 32.1. The van der Waals surface area contributed by atoms with E-state index in [0.717, 1.165) is 18.0 Å². The molecule has 0 aliphatic heterocycles. The van der Waals surface area contributed by atoms with Gasteiger partial charge in [-0.25, -0.2) is 9.97 Å². The summed E-state index contributed by atoms with van der Waals surface area (Å²) in [6.07, 6.45) is -0.184. The second-order valence-corrected chi connectivity index (χ2v) is 4.72. The first-order valence-corrected chi connectivity index (χ1v) is 6.95. The van der Waals surface area contributed by atoms with Crippen LogP contribution in [0.4, 0.5) is 24.8 Å². The van der Waals surface area contributed by atoms with Crippen molar-refractivity contribution in [1.29, 1.82) is 0 Å². The molecule has 10 heteroatoms. The van der Waals surface area contributed by atoms with Gasteiger partial charge in [-0.15, -0.1) is 0 Å². The van der Waals surface area contributed by atoms with E-state index in [2.05, 4.69) is 30.9 Å². The van der Waals surface area contributed by atoms with E-state index in [-0.39, 0.29) is 5.95 Å². The van der Waals surface area contributed by atoms with Crippen molar-refractivity contribution >= 4 is 29.0 Å². The summed E-state index contributed by atoms with van der Waals surface area (Å²) in [4.78, 5) is 11.1. The molecule has 0 fully saturated rings. The molecule has 0 aromatic carbocycles. The molecular formula is C13H13F3N6S. The fourth-order valence-electron chi connectivity index (χ4n) is 1.56. The summed E-state index contributed by atoms with van der Waals surface area (Å²) in [6, 6.07) is 4.38. The summed E-state index contributed by atoms with van der Waals surface area (Å²) in [5.41, 5.74) is -0.254. The van der Waals surface area contributed by atoms with Gasteiger partial charge in [0.15, 0.2) is 5.11 Å². The fraction of sp³-hybridized carbons (Fsp3) is 0.231. The molecule has 23 heavy (non-hydrogen) atoms. The Morgan fingerprint density at radius 2 is 2.00 bits per heavy atom. The number of nitrogens with zero attached hydrogens (tertiary/aromatic N) is 3. The van der Waals surface area contributed by atoms with E-state index in [1.54, 1.807) is 24.5 Å². The molecule has 0 saturated carbocycles. The van der Waals surface area contributed by atoms with Gasteiger partial charge in [-0.3, -0.25) is 4.98 Å². The Hall–Kier alpha value is -2.49. The zero-order valence-corrected chi connectivity index (χ0v) is 12.6.